The van der Waals surface area contributed by atoms with Crippen molar-refractivity contribution in [2.75, 3.05) is 31.5 Å². The molecule has 2 unspecified atom stereocenters. The summed E-state index contributed by atoms with van der Waals surface area (Å²) in [5.74, 6) is 0.517. The predicted molar refractivity (Wildman–Crippen MR) is 101 cm³/mol. The van der Waals surface area contributed by atoms with Crippen LogP contribution in [0, 0.1) is 0 Å². The van der Waals surface area contributed by atoms with Crippen LogP contribution in [0.2, 0.25) is 5.02 Å². The van der Waals surface area contributed by atoms with E-state index in [1.165, 1.54) is 6.20 Å². The number of hydrogen-bond donors (Lipinski definition) is 2. The number of anilines is 1. The highest BCUT2D eigenvalue weighted by Crippen LogP contribution is 2.19. The number of piperazine rings is 1. The summed E-state index contributed by atoms with van der Waals surface area (Å²) in [4.78, 5) is 33.0. The van der Waals surface area contributed by atoms with E-state index in [2.05, 4.69) is 25.4 Å². The van der Waals surface area contributed by atoms with Crippen molar-refractivity contribution in [2.24, 2.45) is 0 Å². The number of carbonyl (C=O) groups is 2. The normalized spacial score (nSPS) is 21.0. The molecule has 2 N–H and O–H groups in total. The molecule has 2 aliphatic rings. The summed E-state index contributed by atoms with van der Waals surface area (Å²) in [5.41, 5.74) is 0. The van der Waals surface area contributed by atoms with Gasteiger partial charge in [0.1, 0.15) is 5.82 Å². The van der Waals surface area contributed by atoms with Crippen LogP contribution in [0.15, 0.2) is 18.3 Å². The van der Waals surface area contributed by atoms with Crippen molar-refractivity contribution in [3.8, 4) is 0 Å². The Morgan fingerprint density at radius 2 is 1.65 bits per heavy atom. The third-order valence-electron chi connectivity index (χ3n) is 5.11. The monoisotopic (exact) mass is 379 g/mol. The number of nitrogens with zero attached hydrogens (tertiary/aromatic N) is 3. The Morgan fingerprint density at radius 1 is 1.08 bits per heavy atom. The molecule has 26 heavy (non-hydrogen) atoms. The summed E-state index contributed by atoms with van der Waals surface area (Å²) in [6.07, 6.45) is 3.71. The molecule has 3 rings (SSSR count). The maximum absolute atomic E-state index is 12.4. The zero-order valence-electron chi connectivity index (χ0n) is 15.2. The lowest BCUT2D eigenvalue weighted by Gasteiger charge is -2.39. The van der Waals surface area contributed by atoms with Gasteiger partial charge < -0.3 is 10.6 Å². The van der Waals surface area contributed by atoms with E-state index in [0.717, 1.165) is 39.0 Å². The van der Waals surface area contributed by atoms with E-state index in [4.69, 9.17) is 11.6 Å². The molecule has 2 atom stereocenters. The number of amides is 2. The van der Waals surface area contributed by atoms with E-state index in [1.54, 1.807) is 12.1 Å². The summed E-state index contributed by atoms with van der Waals surface area (Å²) in [7, 11) is 0. The Morgan fingerprint density at radius 3 is 2.15 bits per heavy atom. The van der Waals surface area contributed by atoms with Crippen molar-refractivity contribution >= 4 is 29.2 Å². The Bertz CT molecular complexity index is 641. The van der Waals surface area contributed by atoms with Crippen LogP contribution in [0.4, 0.5) is 5.82 Å². The molecule has 0 aromatic carbocycles. The lowest BCUT2D eigenvalue weighted by molar-refractivity contribution is -0.128. The van der Waals surface area contributed by atoms with Gasteiger partial charge in [0.25, 0.3) is 0 Å². The molecular weight excluding hydrogens is 354 g/mol. The zero-order chi connectivity index (χ0) is 18.7. The highest BCUT2D eigenvalue weighted by Gasteiger charge is 2.32. The fourth-order valence-electron chi connectivity index (χ4n) is 3.07. The number of aromatic nitrogens is 1. The van der Waals surface area contributed by atoms with Gasteiger partial charge >= 0.3 is 0 Å². The van der Waals surface area contributed by atoms with Crippen LogP contribution in [0.25, 0.3) is 0 Å². The molecule has 2 amide bonds. The molecule has 2 heterocycles. The van der Waals surface area contributed by atoms with Gasteiger partial charge in [0, 0.05) is 38.4 Å². The van der Waals surface area contributed by atoms with Gasteiger partial charge in [0.15, 0.2) is 0 Å². The van der Waals surface area contributed by atoms with Crippen LogP contribution in [0.5, 0.6) is 0 Å². The van der Waals surface area contributed by atoms with Gasteiger partial charge in [-0.3, -0.25) is 19.4 Å². The van der Waals surface area contributed by atoms with E-state index >= 15 is 0 Å². The lowest BCUT2D eigenvalue weighted by atomic mass is 10.1. The van der Waals surface area contributed by atoms with Crippen LogP contribution in [0.1, 0.15) is 26.7 Å². The quantitative estimate of drug-likeness (QED) is 0.780. The van der Waals surface area contributed by atoms with Gasteiger partial charge in [-0.1, -0.05) is 11.6 Å². The Kier molecular flexibility index (Phi) is 6.11. The van der Waals surface area contributed by atoms with Gasteiger partial charge in [-0.25, -0.2) is 4.98 Å². The van der Waals surface area contributed by atoms with E-state index in [-0.39, 0.29) is 23.9 Å². The lowest BCUT2D eigenvalue weighted by Crippen LogP contribution is -2.57. The summed E-state index contributed by atoms with van der Waals surface area (Å²) in [6.45, 7) is 6.90. The third-order valence-corrected chi connectivity index (χ3v) is 5.33. The topological polar surface area (TPSA) is 77.6 Å². The Hall–Kier alpha value is -1.70. The van der Waals surface area contributed by atoms with E-state index < -0.39 is 0 Å². The number of hydrogen-bond acceptors (Lipinski definition) is 5. The van der Waals surface area contributed by atoms with Gasteiger partial charge in [-0.15, -0.1) is 0 Å². The molecule has 2 fully saturated rings. The first-order valence-corrected chi connectivity index (χ1v) is 9.52. The van der Waals surface area contributed by atoms with Crippen molar-refractivity contribution in [3.05, 3.63) is 23.4 Å². The maximum Gasteiger partial charge on any atom is 0.242 e. The van der Waals surface area contributed by atoms with Crippen LogP contribution in [0.3, 0.4) is 0 Å². The molecule has 1 aliphatic heterocycles. The highest BCUT2D eigenvalue weighted by atomic mass is 35.5. The number of rotatable bonds is 6. The minimum Gasteiger partial charge on any atom is -0.352 e. The average molecular weight is 380 g/mol. The van der Waals surface area contributed by atoms with Gasteiger partial charge in [-0.05, 0) is 38.8 Å². The summed E-state index contributed by atoms with van der Waals surface area (Å²) < 4.78 is 0. The Labute approximate surface area is 159 Å². The number of halogens is 1. The summed E-state index contributed by atoms with van der Waals surface area (Å²) in [5, 5.41) is 6.41. The molecule has 7 nitrogen and oxygen atoms in total. The second-order valence-electron chi connectivity index (χ2n) is 7.06. The second kappa shape index (κ2) is 8.33. The molecule has 1 saturated carbocycles. The molecule has 0 bridgehead atoms. The van der Waals surface area contributed by atoms with Crippen molar-refractivity contribution in [1.29, 1.82) is 0 Å². The maximum atomic E-state index is 12.4. The van der Waals surface area contributed by atoms with Gasteiger partial charge in [0.05, 0.1) is 17.1 Å². The standard InChI is InChI=1S/C18H26ClN5O2/c1-12(17(25)21-15-4-5-15)23-7-9-24(10-8-23)13(2)18(26)22-16-6-3-14(19)11-20-16/h3,6,11-13,15H,4-5,7-10H2,1-2H3,(H,21,25)(H,20,22,26). The summed E-state index contributed by atoms with van der Waals surface area (Å²) >= 11 is 5.81. The van der Waals surface area contributed by atoms with Crippen molar-refractivity contribution in [3.63, 3.8) is 0 Å². The number of pyridine rings is 1. The van der Waals surface area contributed by atoms with Crippen LogP contribution in [-0.2, 0) is 9.59 Å². The Balaban J connectivity index is 1.46. The van der Waals surface area contributed by atoms with Gasteiger partial charge in [0.2, 0.25) is 11.8 Å². The molecule has 142 valence electrons. The molecule has 0 radical (unpaired) electrons. The third kappa shape index (κ3) is 4.93. The smallest absolute Gasteiger partial charge is 0.242 e. The van der Waals surface area contributed by atoms with Crippen LogP contribution in [-0.4, -0.2) is 70.9 Å². The fraction of sp³-hybridized carbons (Fsp3) is 0.611. The average Bonchev–Trinajstić information content (AvgIpc) is 3.46. The molecule has 8 heteroatoms. The van der Waals surface area contributed by atoms with Crippen molar-refractivity contribution < 1.29 is 9.59 Å². The van der Waals surface area contributed by atoms with E-state index in [1.807, 2.05) is 13.8 Å². The first kappa shape index (κ1) is 19.1. The first-order chi connectivity index (χ1) is 12.4. The SMILES string of the molecule is CC(C(=O)Nc1ccc(Cl)cn1)N1CCN(C(C)C(=O)NC2CC2)CC1. The fourth-order valence-corrected chi connectivity index (χ4v) is 3.19. The largest absolute Gasteiger partial charge is 0.352 e. The van der Waals surface area contributed by atoms with Crippen molar-refractivity contribution in [2.45, 2.75) is 44.8 Å². The predicted octanol–water partition coefficient (Wildman–Crippen LogP) is 1.35. The van der Waals surface area contributed by atoms with E-state index in [0.29, 0.717) is 16.9 Å². The molecular formula is C18H26ClN5O2. The zero-order valence-corrected chi connectivity index (χ0v) is 16.0. The minimum absolute atomic E-state index is 0.0900. The number of nitrogens with one attached hydrogen (secondary N) is 2. The molecule has 1 saturated heterocycles. The van der Waals surface area contributed by atoms with Gasteiger partial charge in [-0.2, -0.15) is 0 Å². The van der Waals surface area contributed by atoms with Crippen molar-refractivity contribution in [1.82, 2.24) is 20.1 Å². The molecule has 1 aromatic heterocycles. The molecule has 1 aromatic rings. The van der Waals surface area contributed by atoms with E-state index in [9.17, 15) is 9.59 Å². The van der Waals surface area contributed by atoms with Crippen LogP contribution >= 0.6 is 11.6 Å². The number of carbonyl (C=O) groups excluding carboxylic acids is 2. The molecule has 1 aliphatic carbocycles. The first-order valence-electron chi connectivity index (χ1n) is 9.15. The molecule has 0 spiro atoms. The second-order valence-corrected chi connectivity index (χ2v) is 7.49. The highest BCUT2D eigenvalue weighted by molar-refractivity contribution is 6.30. The van der Waals surface area contributed by atoms with Crippen LogP contribution < -0.4 is 10.6 Å². The summed E-state index contributed by atoms with van der Waals surface area (Å²) in [6, 6.07) is 3.38. The minimum atomic E-state index is -0.259.